The number of rotatable bonds is 2. The first kappa shape index (κ1) is 9.25. The van der Waals surface area contributed by atoms with Crippen molar-refractivity contribution in [1.82, 2.24) is 10.2 Å². The second-order valence-electron chi connectivity index (χ2n) is 2.82. The van der Waals surface area contributed by atoms with Gasteiger partial charge in [-0.25, -0.2) is 4.79 Å². The van der Waals surface area contributed by atoms with Crippen LogP contribution in [0.4, 0.5) is 4.79 Å². The zero-order valence-corrected chi connectivity index (χ0v) is 7.69. The molecule has 5 heteroatoms. The van der Waals surface area contributed by atoms with Gasteiger partial charge in [-0.3, -0.25) is 0 Å². The van der Waals surface area contributed by atoms with Crippen molar-refractivity contribution in [2.24, 2.45) is 5.73 Å². The molecule has 68 valence electrons. The lowest BCUT2D eigenvalue weighted by atomic mass is 10.4. The normalized spacial score (nSPS) is 16.2. The monoisotopic (exact) mass is 187 g/mol. The number of amides is 2. The summed E-state index contributed by atoms with van der Waals surface area (Å²) in [5.74, 6) is 0. The highest BCUT2D eigenvalue weighted by Gasteiger charge is 2.16. The third-order valence-electron chi connectivity index (χ3n) is 1.81. The Balaban J connectivity index is 2.23. The Hall–Kier alpha value is -0.840. The van der Waals surface area contributed by atoms with Crippen molar-refractivity contribution in [1.29, 1.82) is 0 Å². The molecule has 0 radical (unpaired) electrons. The van der Waals surface area contributed by atoms with Crippen molar-refractivity contribution in [3.63, 3.8) is 0 Å². The fraction of sp³-hybridized carbons (Fsp3) is 0.714. The average molecular weight is 187 g/mol. The molecule has 2 amide bonds. The molecule has 0 bridgehead atoms. The summed E-state index contributed by atoms with van der Waals surface area (Å²) in [6.07, 6.45) is 2.20. The maximum absolute atomic E-state index is 11.2. The second kappa shape index (κ2) is 4.25. The van der Waals surface area contributed by atoms with Crippen LogP contribution in [0.1, 0.15) is 12.8 Å². The molecule has 1 rings (SSSR count). The first-order chi connectivity index (χ1) is 5.70. The third kappa shape index (κ3) is 2.65. The molecule has 0 aliphatic carbocycles. The minimum atomic E-state index is -0.0553. The van der Waals surface area contributed by atoms with Crippen LogP contribution in [0.2, 0.25) is 0 Å². The number of hydrogen-bond donors (Lipinski definition) is 2. The molecule has 1 heterocycles. The highest BCUT2D eigenvalue weighted by molar-refractivity contribution is 7.80. The Morgan fingerprint density at radius 2 is 2.08 bits per heavy atom. The largest absolute Gasteiger partial charge is 0.392 e. The number of nitrogens with zero attached hydrogens (tertiary/aromatic N) is 1. The van der Waals surface area contributed by atoms with E-state index < -0.39 is 0 Å². The van der Waals surface area contributed by atoms with Crippen molar-refractivity contribution in [3.05, 3.63) is 0 Å². The van der Waals surface area contributed by atoms with Gasteiger partial charge in [-0.1, -0.05) is 12.2 Å². The van der Waals surface area contributed by atoms with Crippen LogP contribution in [0.5, 0.6) is 0 Å². The van der Waals surface area contributed by atoms with E-state index in [1.165, 1.54) is 0 Å². The molecule has 0 aromatic rings. The number of nitrogens with two attached hydrogens (primary N) is 1. The highest BCUT2D eigenvalue weighted by Crippen LogP contribution is 2.06. The molecular weight excluding hydrogens is 174 g/mol. The van der Waals surface area contributed by atoms with E-state index in [-0.39, 0.29) is 6.03 Å². The lowest BCUT2D eigenvalue weighted by molar-refractivity contribution is 0.210. The molecule has 1 saturated heterocycles. The van der Waals surface area contributed by atoms with Gasteiger partial charge in [-0.2, -0.15) is 0 Å². The van der Waals surface area contributed by atoms with E-state index in [2.05, 4.69) is 17.5 Å². The minimum Gasteiger partial charge on any atom is -0.392 e. The molecule has 0 spiro atoms. The van der Waals surface area contributed by atoms with Crippen LogP contribution in [-0.4, -0.2) is 35.6 Å². The smallest absolute Gasteiger partial charge is 0.317 e. The van der Waals surface area contributed by atoms with Crippen molar-refractivity contribution < 1.29 is 4.79 Å². The molecule has 4 nitrogen and oxygen atoms in total. The van der Waals surface area contributed by atoms with E-state index in [0.717, 1.165) is 25.9 Å². The van der Waals surface area contributed by atoms with Crippen molar-refractivity contribution in [3.8, 4) is 0 Å². The summed E-state index contributed by atoms with van der Waals surface area (Å²) in [5, 5.41) is 2.64. The van der Waals surface area contributed by atoms with Gasteiger partial charge < -0.3 is 16.0 Å². The van der Waals surface area contributed by atoms with Gasteiger partial charge in [0.05, 0.1) is 11.5 Å². The van der Waals surface area contributed by atoms with Crippen LogP contribution in [0.3, 0.4) is 0 Å². The number of carbonyl (C=O) groups excluding carboxylic acids is 1. The third-order valence-corrected chi connectivity index (χ3v) is 1.95. The molecule has 1 aliphatic rings. The van der Waals surface area contributed by atoms with E-state index in [4.69, 9.17) is 5.73 Å². The summed E-state index contributed by atoms with van der Waals surface area (Å²) in [6, 6.07) is -0.0553. The summed E-state index contributed by atoms with van der Waals surface area (Å²) in [4.78, 5) is 13.3. The Bertz CT molecular complexity index is 189. The van der Waals surface area contributed by atoms with E-state index in [9.17, 15) is 4.79 Å². The molecule has 0 aromatic heterocycles. The molecule has 1 fully saturated rings. The molecule has 0 atom stereocenters. The number of carbonyl (C=O) groups is 1. The van der Waals surface area contributed by atoms with Crippen molar-refractivity contribution in [2.75, 3.05) is 19.6 Å². The van der Waals surface area contributed by atoms with Gasteiger partial charge in [0, 0.05) is 13.1 Å². The SMILES string of the molecule is NC(=S)CNC(=O)N1CCCC1. The van der Waals surface area contributed by atoms with Crippen LogP contribution in [-0.2, 0) is 0 Å². The highest BCUT2D eigenvalue weighted by atomic mass is 32.1. The summed E-state index contributed by atoms with van der Waals surface area (Å²) < 4.78 is 0. The molecule has 0 aromatic carbocycles. The van der Waals surface area contributed by atoms with Crippen LogP contribution in [0, 0.1) is 0 Å². The molecule has 12 heavy (non-hydrogen) atoms. The lowest BCUT2D eigenvalue weighted by Crippen LogP contribution is -2.41. The number of hydrogen-bond acceptors (Lipinski definition) is 2. The maximum atomic E-state index is 11.2. The standard InChI is InChI=1S/C7H13N3OS/c8-6(12)5-9-7(11)10-3-1-2-4-10/h1-5H2,(H2,8,12)(H,9,11). The zero-order chi connectivity index (χ0) is 8.97. The summed E-state index contributed by atoms with van der Waals surface area (Å²) in [6.45, 7) is 2.00. The molecule has 0 saturated carbocycles. The Morgan fingerprint density at radius 3 is 2.58 bits per heavy atom. The fourth-order valence-corrected chi connectivity index (χ4v) is 1.27. The van der Waals surface area contributed by atoms with Crippen molar-refractivity contribution >= 4 is 23.2 Å². The van der Waals surface area contributed by atoms with Gasteiger partial charge in [0.15, 0.2) is 0 Å². The topological polar surface area (TPSA) is 58.4 Å². The first-order valence-electron chi connectivity index (χ1n) is 4.01. The van der Waals surface area contributed by atoms with Gasteiger partial charge in [0.1, 0.15) is 0 Å². The summed E-state index contributed by atoms with van der Waals surface area (Å²) in [7, 11) is 0. The van der Waals surface area contributed by atoms with Gasteiger partial charge in [0.25, 0.3) is 0 Å². The molecule has 0 unspecified atom stereocenters. The maximum Gasteiger partial charge on any atom is 0.317 e. The number of nitrogens with one attached hydrogen (secondary N) is 1. The van der Waals surface area contributed by atoms with Gasteiger partial charge in [0.2, 0.25) is 0 Å². The zero-order valence-electron chi connectivity index (χ0n) is 6.88. The van der Waals surface area contributed by atoms with Gasteiger partial charge in [-0.15, -0.1) is 0 Å². The quantitative estimate of drug-likeness (QED) is 0.602. The predicted molar refractivity (Wildman–Crippen MR) is 51.0 cm³/mol. The molecule has 1 aliphatic heterocycles. The summed E-state index contributed by atoms with van der Waals surface area (Å²) >= 11 is 4.63. The fourth-order valence-electron chi connectivity index (χ4n) is 1.19. The number of thiocarbonyl (C=S) groups is 1. The second-order valence-corrected chi connectivity index (χ2v) is 3.34. The number of urea groups is 1. The van der Waals surface area contributed by atoms with E-state index in [1.54, 1.807) is 4.90 Å². The Morgan fingerprint density at radius 1 is 1.50 bits per heavy atom. The van der Waals surface area contributed by atoms with Crippen LogP contribution in [0.15, 0.2) is 0 Å². The molecule has 3 N–H and O–H groups in total. The predicted octanol–water partition coefficient (Wildman–Crippen LogP) is 0.0779. The van der Waals surface area contributed by atoms with E-state index >= 15 is 0 Å². The molecular formula is C7H13N3OS. The average Bonchev–Trinajstić information content (AvgIpc) is 2.51. The van der Waals surface area contributed by atoms with Gasteiger partial charge >= 0.3 is 6.03 Å². The lowest BCUT2D eigenvalue weighted by Gasteiger charge is -2.15. The van der Waals surface area contributed by atoms with Crippen LogP contribution >= 0.6 is 12.2 Å². The first-order valence-corrected chi connectivity index (χ1v) is 4.42. The van der Waals surface area contributed by atoms with E-state index in [0.29, 0.717) is 11.5 Å². The Labute approximate surface area is 77.1 Å². The minimum absolute atomic E-state index is 0.0553. The van der Waals surface area contributed by atoms with Crippen molar-refractivity contribution in [2.45, 2.75) is 12.8 Å². The van der Waals surface area contributed by atoms with Crippen LogP contribution in [0.25, 0.3) is 0 Å². The summed E-state index contributed by atoms with van der Waals surface area (Å²) in [5.41, 5.74) is 5.24. The Kier molecular flexibility index (Phi) is 3.28. The van der Waals surface area contributed by atoms with E-state index in [1.807, 2.05) is 0 Å². The van der Waals surface area contributed by atoms with Crippen LogP contribution < -0.4 is 11.1 Å². The van der Waals surface area contributed by atoms with Gasteiger partial charge in [-0.05, 0) is 12.8 Å². The number of likely N-dealkylation sites (tertiary alicyclic amines) is 1.